The number of carbonyl (C=O) groups excluding carboxylic acids is 1. The number of nitrogens with zero attached hydrogens (tertiary/aromatic N) is 4. The van der Waals surface area contributed by atoms with Crippen LogP contribution >= 0.6 is 22.9 Å². The molecule has 0 radical (unpaired) electrons. The van der Waals surface area contributed by atoms with Gasteiger partial charge in [-0.1, -0.05) is 28.9 Å². The molecule has 31 heavy (non-hydrogen) atoms. The van der Waals surface area contributed by atoms with Gasteiger partial charge in [0.15, 0.2) is 0 Å². The SMILES string of the molecule is Cc1c(-c2nc(-c3ccccc3Cl)no2)sc2ncn(CC(=O)NC(C)(C)C)c(=O)c12. The van der Waals surface area contributed by atoms with E-state index >= 15 is 0 Å². The van der Waals surface area contributed by atoms with Crippen LogP contribution in [0.5, 0.6) is 0 Å². The molecule has 0 atom stereocenters. The summed E-state index contributed by atoms with van der Waals surface area (Å²) in [6, 6.07) is 7.21. The quantitative estimate of drug-likeness (QED) is 0.495. The van der Waals surface area contributed by atoms with Crippen molar-refractivity contribution in [3.05, 3.63) is 51.5 Å². The maximum Gasteiger partial charge on any atom is 0.268 e. The fraction of sp³-hybridized carbons (Fsp3) is 0.286. The van der Waals surface area contributed by atoms with Crippen molar-refractivity contribution in [3.63, 3.8) is 0 Å². The monoisotopic (exact) mass is 457 g/mol. The Labute approximate surface area is 186 Å². The zero-order valence-corrected chi connectivity index (χ0v) is 19.0. The van der Waals surface area contributed by atoms with Crippen LogP contribution in [0.3, 0.4) is 0 Å². The third kappa shape index (κ3) is 4.24. The van der Waals surface area contributed by atoms with E-state index in [-0.39, 0.29) is 29.4 Å². The fourth-order valence-corrected chi connectivity index (χ4v) is 4.44. The van der Waals surface area contributed by atoms with Crippen LogP contribution in [-0.2, 0) is 11.3 Å². The van der Waals surface area contributed by atoms with Gasteiger partial charge in [-0.25, -0.2) is 4.98 Å². The third-order valence-corrected chi connectivity index (χ3v) is 6.00. The molecule has 0 aliphatic heterocycles. The molecule has 0 saturated heterocycles. The molecule has 4 rings (SSSR count). The van der Waals surface area contributed by atoms with Gasteiger partial charge in [0, 0.05) is 11.1 Å². The second-order valence-corrected chi connectivity index (χ2v) is 9.52. The predicted octanol–water partition coefficient (Wildman–Crippen LogP) is 4.05. The van der Waals surface area contributed by atoms with Gasteiger partial charge >= 0.3 is 0 Å². The van der Waals surface area contributed by atoms with Crippen molar-refractivity contribution >= 4 is 39.1 Å². The molecule has 0 aliphatic carbocycles. The lowest BCUT2D eigenvalue weighted by Crippen LogP contribution is -2.43. The molecule has 4 aromatic rings. The van der Waals surface area contributed by atoms with Crippen LogP contribution in [0.4, 0.5) is 0 Å². The molecule has 0 fully saturated rings. The minimum Gasteiger partial charge on any atom is -0.350 e. The number of hydrogen-bond acceptors (Lipinski definition) is 7. The largest absolute Gasteiger partial charge is 0.350 e. The van der Waals surface area contributed by atoms with Crippen LogP contribution in [-0.4, -0.2) is 31.1 Å². The minimum absolute atomic E-state index is 0.110. The van der Waals surface area contributed by atoms with E-state index in [4.69, 9.17) is 16.1 Å². The molecule has 0 bridgehead atoms. The van der Waals surface area contributed by atoms with Crippen molar-refractivity contribution in [2.45, 2.75) is 39.8 Å². The Kier molecular flexibility index (Phi) is 5.40. The first-order valence-electron chi connectivity index (χ1n) is 9.52. The molecule has 0 saturated carbocycles. The maximum absolute atomic E-state index is 13.0. The minimum atomic E-state index is -0.388. The highest BCUT2D eigenvalue weighted by Gasteiger charge is 2.22. The molecule has 1 N–H and O–H groups in total. The van der Waals surface area contributed by atoms with Gasteiger partial charge in [0.05, 0.1) is 21.6 Å². The lowest BCUT2D eigenvalue weighted by Gasteiger charge is -2.20. The molecule has 1 aromatic carbocycles. The average Bonchev–Trinajstić information content (AvgIpc) is 3.28. The molecule has 3 aromatic heterocycles. The summed E-state index contributed by atoms with van der Waals surface area (Å²) in [6.07, 6.45) is 1.38. The lowest BCUT2D eigenvalue weighted by molar-refractivity contribution is -0.123. The number of hydrogen-bond donors (Lipinski definition) is 1. The van der Waals surface area contributed by atoms with E-state index < -0.39 is 0 Å². The number of thiophene rings is 1. The number of nitrogens with one attached hydrogen (secondary N) is 1. The van der Waals surface area contributed by atoms with Crippen LogP contribution in [0, 0.1) is 6.92 Å². The number of carbonyl (C=O) groups is 1. The first-order valence-corrected chi connectivity index (χ1v) is 10.7. The van der Waals surface area contributed by atoms with Gasteiger partial charge in [-0.2, -0.15) is 4.98 Å². The van der Waals surface area contributed by atoms with Crippen LogP contribution in [0.2, 0.25) is 5.02 Å². The van der Waals surface area contributed by atoms with Crippen molar-refractivity contribution in [1.82, 2.24) is 25.0 Å². The summed E-state index contributed by atoms with van der Waals surface area (Å²) in [4.78, 5) is 35.3. The van der Waals surface area contributed by atoms with Gasteiger partial charge in [0.25, 0.3) is 11.4 Å². The summed E-state index contributed by atoms with van der Waals surface area (Å²) in [5.41, 5.74) is 0.654. The standard InChI is InChI=1S/C21H20ClN5O3S/c1-11-15-19(23-10-27(20(15)29)9-14(28)25-21(2,3)4)31-16(11)18-24-17(26-30-18)12-7-5-6-8-13(12)22/h5-8,10H,9H2,1-4H3,(H,25,28). The smallest absolute Gasteiger partial charge is 0.268 e. The van der Waals surface area contributed by atoms with E-state index in [1.165, 1.54) is 22.2 Å². The highest BCUT2D eigenvalue weighted by atomic mass is 35.5. The molecule has 1 amide bonds. The number of aromatic nitrogens is 4. The van der Waals surface area contributed by atoms with Crippen LogP contribution in [0.1, 0.15) is 26.3 Å². The first-order chi connectivity index (χ1) is 14.6. The summed E-state index contributed by atoms with van der Waals surface area (Å²) in [5, 5.41) is 7.82. The molecular weight excluding hydrogens is 438 g/mol. The van der Waals surface area contributed by atoms with E-state index in [0.29, 0.717) is 37.1 Å². The van der Waals surface area contributed by atoms with E-state index in [0.717, 1.165) is 0 Å². The molecule has 10 heteroatoms. The van der Waals surface area contributed by atoms with Gasteiger partial charge in [-0.15, -0.1) is 11.3 Å². The Morgan fingerprint density at radius 3 is 2.74 bits per heavy atom. The Morgan fingerprint density at radius 1 is 1.29 bits per heavy atom. The van der Waals surface area contributed by atoms with Gasteiger partial charge in [-0.3, -0.25) is 14.2 Å². The third-order valence-electron chi connectivity index (χ3n) is 4.48. The van der Waals surface area contributed by atoms with Crippen molar-refractivity contribution in [1.29, 1.82) is 0 Å². The Morgan fingerprint density at radius 2 is 2.03 bits per heavy atom. The molecule has 8 nitrogen and oxygen atoms in total. The van der Waals surface area contributed by atoms with E-state index in [1.54, 1.807) is 19.1 Å². The Balaban J connectivity index is 1.71. The normalized spacial score (nSPS) is 11.8. The molecule has 160 valence electrons. The highest BCUT2D eigenvalue weighted by Crippen LogP contribution is 2.36. The lowest BCUT2D eigenvalue weighted by atomic mass is 10.1. The van der Waals surface area contributed by atoms with Gasteiger partial charge < -0.3 is 9.84 Å². The van der Waals surface area contributed by atoms with E-state index in [9.17, 15) is 9.59 Å². The summed E-state index contributed by atoms with van der Waals surface area (Å²) in [7, 11) is 0. The molecule has 0 aliphatic rings. The van der Waals surface area contributed by atoms with Gasteiger partial charge in [-0.05, 0) is 45.4 Å². The summed E-state index contributed by atoms with van der Waals surface area (Å²) >= 11 is 7.51. The zero-order valence-electron chi connectivity index (χ0n) is 17.4. The second kappa shape index (κ2) is 7.90. The Hall–Kier alpha value is -3.04. The molecule has 0 spiro atoms. The molecular formula is C21H20ClN5O3S. The van der Waals surface area contributed by atoms with E-state index in [1.807, 2.05) is 32.9 Å². The first kappa shape index (κ1) is 21.2. The Bertz CT molecular complexity index is 1350. The predicted molar refractivity (Wildman–Crippen MR) is 120 cm³/mol. The summed E-state index contributed by atoms with van der Waals surface area (Å²) in [5.74, 6) is 0.388. The van der Waals surface area contributed by atoms with Crippen molar-refractivity contribution in [3.8, 4) is 22.2 Å². The maximum atomic E-state index is 13.0. The number of amides is 1. The topological polar surface area (TPSA) is 103 Å². The summed E-state index contributed by atoms with van der Waals surface area (Å²) in [6.45, 7) is 7.33. The zero-order chi connectivity index (χ0) is 22.3. The second-order valence-electron chi connectivity index (χ2n) is 8.12. The number of benzene rings is 1. The van der Waals surface area contributed by atoms with Crippen molar-refractivity contribution in [2.75, 3.05) is 0 Å². The fourth-order valence-electron chi connectivity index (χ4n) is 3.16. The van der Waals surface area contributed by atoms with Crippen molar-refractivity contribution < 1.29 is 9.32 Å². The van der Waals surface area contributed by atoms with E-state index in [2.05, 4.69) is 20.4 Å². The van der Waals surface area contributed by atoms with Gasteiger partial charge in [0.1, 0.15) is 11.4 Å². The molecule has 0 unspecified atom stereocenters. The van der Waals surface area contributed by atoms with Gasteiger partial charge in [0.2, 0.25) is 11.7 Å². The number of fused-ring (bicyclic) bond motifs is 1. The number of aryl methyl sites for hydroxylation is 1. The summed E-state index contributed by atoms with van der Waals surface area (Å²) < 4.78 is 6.75. The van der Waals surface area contributed by atoms with Crippen LogP contribution in [0.15, 0.2) is 39.9 Å². The number of halogens is 1. The number of rotatable bonds is 4. The van der Waals surface area contributed by atoms with Crippen LogP contribution in [0.25, 0.3) is 32.4 Å². The van der Waals surface area contributed by atoms with Crippen molar-refractivity contribution in [2.24, 2.45) is 0 Å². The molecule has 3 heterocycles. The highest BCUT2D eigenvalue weighted by molar-refractivity contribution is 7.22. The average molecular weight is 458 g/mol. The van der Waals surface area contributed by atoms with Crippen LogP contribution < -0.4 is 10.9 Å².